The van der Waals surface area contributed by atoms with Gasteiger partial charge in [-0.15, -0.1) is 0 Å². The third kappa shape index (κ3) is 3.90. The molecule has 7 heteroatoms. The quantitative estimate of drug-likeness (QED) is 0.501. The zero-order chi connectivity index (χ0) is 22.0. The van der Waals surface area contributed by atoms with Crippen LogP contribution in [0.25, 0.3) is 21.5 Å². The first-order chi connectivity index (χ1) is 15.0. The SMILES string of the molecule is CCn1nc(C(=O)O[C@@H](C)C(=O)Nc2cccc3ccccc23)c2ccccc2c1=O. The van der Waals surface area contributed by atoms with E-state index in [9.17, 15) is 14.4 Å². The first-order valence-electron chi connectivity index (χ1n) is 9.99. The van der Waals surface area contributed by atoms with Gasteiger partial charge in [0.2, 0.25) is 0 Å². The molecule has 0 saturated heterocycles. The molecule has 1 aromatic heterocycles. The number of benzene rings is 3. The van der Waals surface area contributed by atoms with Crippen LogP contribution >= 0.6 is 0 Å². The van der Waals surface area contributed by atoms with E-state index in [1.807, 2.05) is 36.4 Å². The molecule has 0 unspecified atom stereocenters. The number of ether oxygens (including phenoxy) is 1. The number of aryl methyl sites for hydroxylation is 1. The highest BCUT2D eigenvalue weighted by Gasteiger charge is 2.23. The molecule has 0 spiro atoms. The molecule has 1 amide bonds. The van der Waals surface area contributed by atoms with Crippen LogP contribution in [0.15, 0.2) is 71.5 Å². The molecule has 3 aromatic carbocycles. The van der Waals surface area contributed by atoms with E-state index >= 15 is 0 Å². The number of amides is 1. The predicted molar refractivity (Wildman–Crippen MR) is 119 cm³/mol. The molecule has 0 aliphatic rings. The van der Waals surface area contributed by atoms with Gasteiger partial charge in [-0.25, -0.2) is 9.48 Å². The number of nitrogens with zero attached hydrogens (tertiary/aromatic N) is 2. The van der Waals surface area contributed by atoms with Crippen molar-refractivity contribution in [3.63, 3.8) is 0 Å². The molecule has 0 radical (unpaired) electrons. The first kappa shape index (κ1) is 20.3. The molecule has 0 aliphatic heterocycles. The Hall–Kier alpha value is -4.00. The van der Waals surface area contributed by atoms with Gasteiger partial charge in [0.25, 0.3) is 11.5 Å². The number of carbonyl (C=O) groups excluding carboxylic acids is 2. The summed E-state index contributed by atoms with van der Waals surface area (Å²) in [5.74, 6) is -1.23. The number of rotatable bonds is 5. The minimum atomic E-state index is -1.06. The lowest BCUT2D eigenvalue weighted by Gasteiger charge is -2.15. The Bertz CT molecular complexity index is 1350. The second-order valence-electron chi connectivity index (χ2n) is 7.08. The molecule has 4 aromatic rings. The van der Waals surface area contributed by atoms with Crippen LogP contribution in [-0.4, -0.2) is 27.8 Å². The lowest BCUT2D eigenvalue weighted by atomic mass is 10.1. The van der Waals surface area contributed by atoms with Crippen LogP contribution < -0.4 is 10.9 Å². The molecule has 156 valence electrons. The van der Waals surface area contributed by atoms with Gasteiger partial charge in [0, 0.05) is 23.0 Å². The summed E-state index contributed by atoms with van der Waals surface area (Å²) >= 11 is 0. The number of hydrogen-bond acceptors (Lipinski definition) is 5. The summed E-state index contributed by atoms with van der Waals surface area (Å²) in [4.78, 5) is 38.0. The fraction of sp³-hybridized carbons (Fsp3) is 0.167. The predicted octanol–water partition coefficient (Wildman–Crippen LogP) is 3.75. The Balaban J connectivity index is 1.58. The molecule has 31 heavy (non-hydrogen) atoms. The van der Waals surface area contributed by atoms with E-state index in [4.69, 9.17) is 4.74 Å². The summed E-state index contributed by atoms with van der Waals surface area (Å²) in [6, 6.07) is 20.0. The maximum Gasteiger partial charge on any atom is 0.360 e. The van der Waals surface area contributed by atoms with Gasteiger partial charge in [-0.3, -0.25) is 9.59 Å². The highest BCUT2D eigenvalue weighted by molar-refractivity contribution is 6.06. The van der Waals surface area contributed by atoms with Crippen LogP contribution in [0.4, 0.5) is 5.69 Å². The number of nitrogens with one attached hydrogen (secondary N) is 1. The van der Waals surface area contributed by atoms with Gasteiger partial charge in [-0.1, -0.05) is 54.6 Å². The van der Waals surface area contributed by atoms with Crippen LogP contribution in [0.5, 0.6) is 0 Å². The zero-order valence-electron chi connectivity index (χ0n) is 17.2. The van der Waals surface area contributed by atoms with Gasteiger partial charge < -0.3 is 10.1 Å². The highest BCUT2D eigenvalue weighted by atomic mass is 16.5. The number of anilines is 1. The van der Waals surface area contributed by atoms with Gasteiger partial charge >= 0.3 is 5.97 Å². The third-order valence-electron chi connectivity index (χ3n) is 5.06. The molecule has 0 aliphatic carbocycles. The maximum atomic E-state index is 12.8. The normalized spacial score (nSPS) is 11.9. The average molecular weight is 415 g/mol. The number of carbonyl (C=O) groups is 2. The molecule has 0 fully saturated rings. The first-order valence-corrected chi connectivity index (χ1v) is 9.99. The topological polar surface area (TPSA) is 90.3 Å². The summed E-state index contributed by atoms with van der Waals surface area (Å²) < 4.78 is 6.61. The maximum absolute atomic E-state index is 12.8. The number of aromatic nitrogens is 2. The van der Waals surface area contributed by atoms with Crippen LogP contribution in [-0.2, 0) is 16.1 Å². The molecule has 0 bridgehead atoms. The largest absolute Gasteiger partial charge is 0.448 e. The van der Waals surface area contributed by atoms with E-state index in [-0.39, 0.29) is 11.3 Å². The van der Waals surface area contributed by atoms with Crippen molar-refractivity contribution in [3.8, 4) is 0 Å². The summed E-state index contributed by atoms with van der Waals surface area (Å²) in [6.45, 7) is 3.57. The smallest absolute Gasteiger partial charge is 0.360 e. The molecular formula is C24H21N3O4. The molecular weight excluding hydrogens is 394 g/mol. The minimum absolute atomic E-state index is 0.00172. The van der Waals surface area contributed by atoms with E-state index in [0.29, 0.717) is 23.0 Å². The van der Waals surface area contributed by atoms with Gasteiger partial charge in [0.15, 0.2) is 11.8 Å². The third-order valence-corrected chi connectivity index (χ3v) is 5.06. The van der Waals surface area contributed by atoms with Crippen molar-refractivity contribution in [1.82, 2.24) is 9.78 Å². The minimum Gasteiger partial charge on any atom is -0.448 e. The molecule has 1 heterocycles. The van der Waals surface area contributed by atoms with Gasteiger partial charge in [-0.2, -0.15) is 5.10 Å². The van der Waals surface area contributed by atoms with Gasteiger partial charge in [-0.05, 0) is 31.4 Å². The summed E-state index contributed by atoms with van der Waals surface area (Å²) in [7, 11) is 0. The lowest BCUT2D eigenvalue weighted by Crippen LogP contribution is -2.32. The Kier molecular flexibility index (Phi) is 5.49. The van der Waals surface area contributed by atoms with Crippen LogP contribution in [0.3, 0.4) is 0 Å². The lowest BCUT2D eigenvalue weighted by molar-refractivity contribution is -0.123. The van der Waals surface area contributed by atoms with Crippen molar-refractivity contribution in [2.45, 2.75) is 26.5 Å². The summed E-state index contributed by atoms with van der Waals surface area (Å²) in [6.07, 6.45) is -1.06. The van der Waals surface area contributed by atoms with Crippen LogP contribution in [0, 0.1) is 0 Å². The van der Waals surface area contributed by atoms with E-state index < -0.39 is 18.0 Å². The Morgan fingerprint density at radius 3 is 2.35 bits per heavy atom. The number of fused-ring (bicyclic) bond motifs is 2. The van der Waals surface area contributed by atoms with Crippen molar-refractivity contribution in [2.75, 3.05) is 5.32 Å². The second-order valence-corrected chi connectivity index (χ2v) is 7.08. The van der Waals surface area contributed by atoms with Gasteiger partial charge in [0.05, 0.1) is 5.39 Å². The van der Waals surface area contributed by atoms with E-state index in [2.05, 4.69) is 10.4 Å². The van der Waals surface area contributed by atoms with E-state index in [1.165, 1.54) is 11.6 Å². The fourth-order valence-corrected chi connectivity index (χ4v) is 3.44. The molecule has 7 nitrogen and oxygen atoms in total. The standard InChI is InChI=1S/C24H21N3O4/c1-3-27-23(29)19-13-7-6-12-18(19)21(26-27)24(30)31-15(2)22(28)25-20-14-8-10-16-9-4-5-11-17(16)20/h4-15H,3H2,1-2H3,(H,25,28)/t15-/m0/s1. The van der Waals surface area contributed by atoms with Crippen molar-refractivity contribution in [2.24, 2.45) is 0 Å². The average Bonchev–Trinajstić information content (AvgIpc) is 2.79. The van der Waals surface area contributed by atoms with Crippen LogP contribution in [0.2, 0.25) is 0 Å². The van der Waals surface area contributed by atoms with E-state index in [0.717, 1.165) is 10.8 Å². The second kappa shape index (κ2) is 8.39. The molecule has 1 N–H and O–H groups in total. The Morgan fingerprint density at radius 2 is 1.61 bits per heavy atom. The van der Waals surface area contributed by atoms with Gasteiger partial charge in [0.1, 0.15) is 0 Å². The zero-order valence-corrected chi connectivity index (χ0v) is 17.2. The number of hydrogen-bond donors (Lipinski definition) is 1. The summed E-state index contributed by atoms with van der Waals surface area (Å²) in [5, 5.41) is 9.62. The van der Waals surface area contributed by atoms with Crippen molar-refractivity contribution in [1.29, 1.82) is 0 Å². The van der Waals surface area contributed by atoms with E-state index in [1.54, 1.807) is 37.3 Å². The summed E-state index contributed by atoms with van der Waals surface area (Å²) in [5.41, 5.74) is 0.354. The molecule has 4 rings (SSSR count). The Labute approximate surface area is 178 Å². The van der Waals surface area contributed by atoms with Crippen molar-refractivity contribution in [3.05, 3.63) is 82.8 Å². The number of esters is 1. The Morgan fingerprint density at radius 1 is 0.968 bits per heavy atom. The fourth-order valence-electron chi connectivity index (χ4n) is 3.44. The molecule has 0 saturated carbocycles. The molecule has 1 atom stereocenters. The highest BCUT2D eigenvalue weighted by Crippen LogP contribution is 2.23. The monoisotopic (exact) mass is 415 g/mol. The van der Waals surface area contributed by atoms with Crippen molar-refractivity contribution < 1.29 is 14.3 Å². The van der Waals surface area contributed by atoms with Crippen molar-refractivity contribution >= 4 is 39.1 Å². The van der Waals surface area contributed by atoms with Crippen LogP contribution in [0.1, 0.15) is 24.3 Å².